The summed E-state index contributed by atoms with van der Waals surface area (Å²) in [6.45, 7) is 5.08. The standard InChI is InChI=1S/C13H16ClN3/c1-8(2)7-16-12-11(15)9-5-3-4-6-10(9)17-13(12)14/h3-6,8,16H,7H2,1-2H3,(H2,15,17). The number of nitrogen functional groups attached to an aromatic ring is 1. The molecule has 0 saturated heterocycles. The highest BCUT2D eigenvalue weighted by molar-refractivity contribution is 6.33. The molecule has 3 nitrogen and oxygen atoms in total. The summed E-state index contributed by atoms with van der Waals surface area (Å²) in [5.41, 5.74) is 8.35. The molecule has 1 heterocycles. The monoisotopic (exact) mass is 249 g/mol. The Hall–Kier alpha value is -1.48. The number of rotatable bonds is 3. The van der Waals surface area contributed by atoms with Crippen molar-refractivity contribution in [2.24, 2.45) is 5.92 Å². The molecular weight excluding hydrogens is 234 g/mol. The fourth-order valence-electron chi connectivity index (χ4n) is 1.68. The Bertz CT molecular complexity index is 537. The van der Waals surface area contributed by atoms with Gasteiger partial charge in [-0.05, 0) is 12.0 Å². The third kappa shape index (κ3) is 2.44. The van der Waals surface area contributed by atoms with Gasteiger partial charge in [-0.1, -0.05) is 43.6 Å². The summed E-state index contributed by atoms with van der Waals surface area (Å²) in [4.78, 5) is 4.34. The van der Waals surface area contributed by atoms with Crippen LogP contribution in [0.15, 0.2) is 24.3 Å². The van der Waals surface area contributed by atoms with Crippen LogP contribution in [0.1, 0.15) is 13.8 Å². The van der Waals surface area contributed by atoms with Crippen molar-refractivity contribution < 1.29 is 0 Å². The molecule has 1 aromatic carbocycles. The number of aromatic nitrogens is 1. The maximum absolute atomic E-state index is 6.14. The van der Waals surface area contributed by atoms with Crippen LogP contribution in [0.4, 0.5) is 11.4 Å². The second-order valence-corrected chi connectivity index (χ2v) is 4.84. The van der Waals surface area contributed by atoms with Crippen LogP contribution < -0.4 is 11.1 Å². The number of nitrogens with two attached hydrogens (primary N) is 1. The van der Waals surface area contributed by atoms with Gasteiger partial charge in [-0.15, -0.1) is 0 Å². The minimum Gasteiger partial charge on any atom is -0.396 e. The van der Waals surface area contributed by atoms with Crippen LogP contribution in [-0.2, 0) is 0 Å². The van der Waals surface area contributed by atoms with Gasteiger partial charge in [0.1, 0.15) is 0 Å². The zero-order chi connectivity index (χ0) is 12.4. The summed E-state index contributed by atoms with van der Waals surface area (Å²) >= 11 is 6.14. The SMILES string of the molecule is CC(C)CNc1c(Cl)nc2ccccc2c1N. The Morgan fingerprint density at radius 1 is 1.35 bits per heavy atom. The van der Waals surface area contributed by atoms with Gasteiger partial charge in [-0.25, -0.2) is 4.98 Å². The second-order valence-electron chi connectivity index (χ2n) is 4.48. The minimum atomic E-state index is 0.432. The number of anilines is 2. The normalized spacial score (nSPS) is 11.1. The van der Waals surface area contributed by atoms with Crippen LogP contribution in [0.2, 0.25) is 5.15 Å². The lowest BCUT2D eigenvalue weighted by Gasteiger charge is -2.14. The smallest absolute Gasteiger partial charge is 0.154 e. The number of nitrogens with zero attached hydrogens (tertiary/aromatic N) is 1. The van der Waals surface area contributed by atoms with Crippen molar-refractivity contribution in [3.05, 3.63) is 29.4 Å². The number of hydrogen-bond acceptors (Lipinski definition) is 3. The Morgan fingerprint density at radius 3 is 2.76 bits per heavy atom. The lowest BCUT2D eigenvalue weighted by molar-refractivity contribution is 0.689. The summed E-state index contributed by atoms with van der Waals surface area (Å²) in [7, 11) is 0. The van der Waals surface area contributed by atoms with Crippen molar-refractivity contribution in [3.63, 3.8) is 0 Å². The number of para-hydroxylation sites is 1. The van der Waals surface area contributed by atoms with Crippen LogP contribution in [0.3, 0.4) is 0 Å². The molecule has 0 amide bonds. The zero-order valence-electron chi connectivity index (χ0n) is 10.00. The molecule has 17 heavy (non-hydrogen) atoms. The number of fused-ring (bicyclic) bond motifs is 1. The van der Waals surface area contributed by atoms with E-state index in [1.807, 2.05) is 24.3 Å². The molecule has 0 aliphatic carbocycles. The summed E-state index contributed by atoms with van der Waals surface area (Å²) in [5.74, 6) is 0.525. The van der Waals surface area contributed by atoms with Gasteiger partial charge in [-0.3, -0.25) is 0 Å². The van der Waals surface area contributed by atoms with Gasteiger partial charge in [-0.2, -0.15) is 0 Å². The fraction of sp³-hybridized carbons (Fsp3) is 0.308. The minimum absolute atomic E-state index is 0.432. The van der Waals surface area contributed by atoms with Crippen molar-refractivity contribution >= 4 is 33.9 Å². The first-order valence-electron chi connectivity index (χ1n) is 5.67. The predicted octanol–water partition coefficient (Wildman–Crippen LogP) is 3.54. The van der Waals surface area contributed by atoms with E-state index in [9.17, 15) is 0 Å². The molecule has 90 valence electrons. The topological polar surface area (TPSA) is 50.9 Å². The van der Waals surface area contributed by atoms with Gasteiger partial charge in [0.05, 0.1) is 16.9 Å². The molecule has 2 rings (SSSR count). The highest BCUT2D eigenvalue weighted by atomic mass is 35.5. The zero-order valence-corrected chi connectivity index (χ0v) is 10.8. The van der Waals surface area contributed by atoms with E-state index in [4.69, 9.17) is 17.3 Å². The van der Waals surface area contributed by atoms with Crippen molar-refractivity contribution in [1.29, 1.82) is 0 Å². The van der Waals surface area contributed by atoms with Gasteiger partial charge >= 0.3 is 0 Å². The Balaban J connectivity index is 2.48. The quantitative estimate of drug-likeness (QED) is 0.818. The van der Waals surface area contributed by atoms with Gasteiger partial charge in [0.25, 0.3) is 0 Å². The molecule has 0 fully saturated rings. The number of halogens is 1. The molecule has 0 aliphatic heterocycles. The van der Waals surface area contributed by atoms with Crippen molar-refractivity contribution in [3.8, 4) is 0 Å². The van der Waals surface area contributed by atoms with Crippen molar-refractivity contribution in [2.45, 2.75) is 13.8 Å². The highest BCUT2D eigenvalue weighted by Gasteiger charge is 2.10. The predicted molar refractivity (Wildman–Crippen MR) is 74.5 cm³/mol. The Labute approximate surface area is 106 Å². The lowest BCUT2D eigenvalue weighted by Crippen LogP contribution is -2.10. The molecule has 0 saturated carbocycles. The fourth-order valence-corrected chi connectivity index (χ4v) is 1.94. The Morgan fingerprint density at radius 2 is 2.06 bits per heavy atom. The highest BCUT2D eigenvalue weighted by Crippen LogP contribution is 2.33. The lowest BCUT2D eigenvalue weighted by atomic mass is 10.1. The first-order valence-corrected chi connectivity index (χ1v) is 6.05. The molecular formula is C13H16ClN3. The van der Waals surface area contributed by atoms with E-state index in [0.29, 0.717) is 16.8 Å². The maximum Gasteiger partial charge on any atom is 0.154 e. The number of hydrogen-bond donors (Lipinski definition) is 2. The average molecular weight is 250 g/mol. The molecule has 0 radical (unpaired) electrons. The van der Waals surface area contributed by atoms with Gasteiger partial charge in [0.15, 0.2) is 5.15 Å². The van der Waals surface area contributed by atoms with E-state index < -0.39 is 0 Å². The van der Waals surface area contributed by atoms with E-state index in [0.717, 1.165) is 23.1 Å². The summed E-state index contributed by atoms with van der Waals surface area (Å²) < 4.78 is 0. The maximum atomic E-state index is 6.14. The molecule has 2 aromatic rings. The van der Waals surface area contributed by atoms with Gasteiger partial charge < -0.3 is 11.1 Å². The van der Waals surface area contributed by atoms with Gasteiger partial charge in [0.2, 0.25) is 0 Å². The molecule has 1 aromatic heterocycles. The third-order valence-electron chi connectivity index (χ3n) is 2.58. The van der Waals surface area contributed by atoms with Crippen LogP contribution in [0, 0.1) is 5.92 Å². The van der Waals surface area contributed by atoms with E-state index in [-0.39, 0.29) is 0 Å². The largest absolute Gasteiger partial charge is 0.396 e. The van der Waals surface area contributed by atoms with E-state index >= 15 is 0 Å². The molecule has 0 unspecified atom stereocenters. The summed E-state index contributed by atoms with van der Waals surface area (Å²) in [6.07, 6.45) is 0. The van der Waals surface area contributed by atoms with Gasteiger partial charge in [0, 0.05) is 11.9 Å². The first kappa shape index (κ1) is 12.0. The molecule has 4 heteroatoms. The number of nitrogens with one attached hydrogen (secondary N) is 1. The first-order chi connectivity index (χ1) is 8.09. The molecule has 0 aliphatic rings. The Kier molecular flexibility index (Phi) is 3.38. The molecule has 0 spiro atoms. The number of benzene rings is 1. The molecule has 0 bridgehead atoms. The summed E-state index contributed by atoms with van der Waals surface area (Å²) in [6, 6.07) is 7.73. The average Bonchev–Trinajstić information content (AvgIpc) is 2.28. The van der Waals surface area contributed by atoms with E-state index in [2.05, 4.69) is 24.1 Å². The molecule has 3 N–H and O–H groups in total. The summed E-state index contributed by atoms with van der Waals surface area (Å²) in [5, 5.41) is 4.62. The van der Waals surface area contributed by atoms with Crippen LogP contribution in [-0.4, -0.2) is 11.5 Å². The molecule has 0 atom stereocenters. The van der Waals surface area contributed by atoms with Crippen molar-refractivity contribution in [1.82, 2.24) is 4.98 Å². The van der Waals surface area contributed by atoms with Crippen LogP contribution >= 0.6 is 11.6 Å². The van der Waals surface area contributed by atoms with E-state index in [1.54, 1.807) is 0 Å². The van der Waals surface area contributed by atoms with Crippen LogP contribution in [0.5, 0.6) is 0 Å². The van der Waals surface area contributed by atoms with E-state index in [1.165, 1.54) is 0 Å². The third-order valence-corrected chi connectivity index (χ3v) is 2.85. The second kappa shape index (κ2) is 4.80. The number of pyridine rings is 1. The van der Waals surface area contributed by atoms with Crippen molar-refractivity contribution in [2.75, 3.05) is 17.6 Å². The van der Waals surface area contributed by atoms with Crippen LogP contribution in [0.25, 0.3) is 10.9 Å².